The molecule has 5 nitrogen and oxygen atoms in total. The Bertz CT molecular complexity index is 636. The maximum Gasteiger partial charge on any atom is 0.505 e. The quantitative estimate of drug-likeness (QED) is 0.881. The molecule has 0 aliphatic rings. The van der Waals surface area contributed by atoms with E-state index in [1.54, 1.807) is 6.92 Å². The molecule has 1 atom stereocenters. The molecule has 20 heavy (non-hydrogen) atoms. The lowest BCUT2D eigenvalue weighted by atomic mass is 10.0. The van der Waals surface area contributed by atoms with Crippen molar-refractivity contribution in [1.29, 1.82) is 0 Å². The minimum atomic E-state index is -4.44. The van der Waals surface area contributed by atoms with Gasteiger partial charge in [0.1, 0.15) is 6.61 Å². The number of hydrogen-bond donors (Lipinski definition) is 1. The van der Waals surface area contributed by atoms with Crippen LogP contribution in [0.1, 0.15) is 24.0 Å². The highest BCUT2D eigenvalue weighted by Crippen LogP contribution is 2.31. The number of ether oxygens (including phenoxy) is 1. The number of aromatic nitrogens is 2. The molecule has 8 heteroatoms. The third-order valence-corrected chi connectivity index (χ3v) is 2.87. The third kappa shape index (κ3) is 2.84. The zero-order valence-corrected chi connectivity index (χ0v) is 10.4. The Kier molecular flexibility index (Phi) is 3.56. The Balaban J connectivity index is 2.36. The zero-order chi connectivity index (χ0) is 14.9. The number of pyridine rings is 1. The molecule has 2 aromatic rings. The first-order valence-electron chi connectivity index (χ1n) is 5.69. The number of carbonyl (C=O) groups is 1. The molecular weight excluding hydrogens is 277 g/mol. The predicted octanol–water partition coefficient (Wildman–Crippen LogP) is 3.15. The molecule has 2 rings (SSSR count). The van der Waals surface area contributed by atoms with Crippen LogP contribution in [0.25, 0.3) is 5.52 Å². The highest BCUT2D eigenvalue weighted by atomic mass is 19.4. The van der Waals surface area contributed by atoms with Gasteiger partial charge in [-0.25, -0.2) is 9.31 Å². The van der Waals surface area contributed by atoms with Crippen molar-refractivity contribution in [2.75, 3.05) is 6.61 Å². The number of halogens is 3. The zero-order valence-electron chi connectivity index (χ0n) is 10.4. The normalized spacial score (nSPS) is 13.4. The lowest BCUT2D eigenvalue weighted by Gasteiger charge is -2.11. The van der Waals surface area contributed by atoms with Crippen LogP contribution in [-0.4, -0.2) is 27.5 Å². The third-order valence-electron chi connectivity index (χ3n) is 2.87. The number of alkyl halides is 3. The first kappa shape index (κ1) is 14.2. The molecule has 0 amide bonds. The van der Waals surface area contributed by atoms with Gasteiger partial charge in [-0.1, -0.05) is 6.92 Å². The van der Waals surface area contributed by atoms with Gasteiger partial charge >= 0.3 is 12.3 Å². The van der Waals surface area contributed by atoms with E-state index in [2.05, 4.69) is 9.84 Å². The summed E-state index contributed by atoms with van der Waals surface area (Å²) < 4.78 is 43.8. The van der Waals surface area contributed by atoms with Crippen molar-refractivity contribution in [1.82, 2.24) is 9.61 Å². The van der Waals surface area contributed by atoms with Crippen molar-refractivity contribution >= 4 is 11.7 Å². The summed E-state index contributed by atoms with van der Waals surface area (Å²) in [5.41, 5.74) is -0.00299. The van der Waals surface area contributed by atoms with Gasteiger partial charge in [-0.15, -0.1) is 0 Å². The molecule has 0 aromatic carbocycles. The summed E-state index contributed by atoms with van der Waals surface area (Å²) in [7, 11) is 0. The van der Waals surface area contributed by atoms with Crippen molar-refractivity contribution in [2.45, 2.75) is 19.0 Å². The minimum Gasteiger partial charge on any atom is -0.450 e. The summed E-state index contributed by atoms with van der Waals surface area (Å²) >= 11 is 0. The fourth-order valence-corrected chi connectivity index (χ4v) is 1.84. The van der Waals surface area contributed by atoms with E-state index in [0.29, 0.717) is 5.56 Å². The van der Waals surface area contributed by atoms with E-state index in [9.17, 15) is 18.0 Å². The Hall–Kier alpha value is -2.25. The molecule has 108 valence electrons. The van der Waals surface area contributed by atoms with Crippen LogP contribution in [-0.2, 0) is 10.9 Å². The van der Waals surface area contributed by atoms with Crippen LogP contribution in [0, 0.1) is 0 Å². The van der Waals surface area contributed by atoms with Gasteiger partial charge in [0.15, 0.2) is 0 Å². The lowest BCUT2D eigenvalue weighted by molar-refractivity contribution is -0.137. The summed E-state index contributed by atoms with van der Waals surface area (Å²) in [5.74, 6) is -0.396. The lowest BCUT2D eigenvalue weighted by Crippen LogP contribution is -2.09. The van der Waals surface area contributed by atoms with Gasteiger partial charge in [0.2, 0.25) is 0 Å². The van der Waals surface area contributed by atoms with E-state index >= 15 is 0 Å². The summed E-state index contributed by atoms with van der Waals surface area (Å²) in [6, 6.07) is 1.92. The van der Waals surface area contributed by atoms with Gasteiger partial charge in [-0.2, -0.15) is 18.3 Å². The van der Waals surface area contributed by atoms with Gasteiger partial charge in [0.05, 0.1) is 17.3 Å². The number of nitrogens with zero attached hydrogens (tertiary/aromatic N) is 2. The summed E-state index contributed by atoms with van der Waals surface area (Å²) in [4.78, 5) is 10.3. The van der Waals surface area contributed by atoms with Crippen LogP contribution in [0.4, 0.5) is 18.0 Å². The summed E-state index contributed by atoms with van der Waals surface area (Å²) in [6.07, 6.45) is -3.24. The van der Waals surface area contributed by atoms with Gasteiger partial charge in [-0.3, -0.25) is 0 Å². The molecule has 2 heterocycles. The van der Waals surface area contributed by atoms with Crippen molar-refractivity contribution in [3.05, 3.63) is 35.7 Å². The monoisotopic (exact) mass is 288 g/mol. The Morgan fingerprint density at radius 3 is 2.85 bits per heavy atom. The van der Waals surface area contributed by atoms with Crippen LogP contribution >= 0.6 is 0 Å². The van der Waals surface area contributed by atoms with Crippen LogP contribution in [0.15, 0.2) is 24.5 Å². The highest BCUT2D eigenvalue weighted by Gasteiger charge is 2.31. The summed E-state index contributed by atoms with van der Waals surface area (Å²) in [6.45, 7) is 1.51. The molecule has 0 aliphatic heterocycles. The molecule has 0 saturated carbocycles. The molecule has 0 saturated heterocycles. The smallest absolute Gasteiger partial charge is 0.450 e. The molecular formula is C12H11F3N2O3. The summed E-state index contributed by atoms with van der Waals surface area (Å²) in [5, 5.41) is 12.4. The number of fused-ring (bicyclic) bond motifs is 1. The molecule has 1 N–H and O–H groups in total. The molecule has 0 fully saturated rings. The maximum atomic E-state index is 12.7. The highest BCUT2D eigenvalue weighted by molar-refractivity contribution is 5.58. The predicted molar refractivity (Wildman–Crippen MR) is 62.6 cm³/mol. The largest absolute Gasteiger partial charge is 0.505 e. The van der Waals surface area contributed by atoms with Crippen LogP contribution < -0.4 is 0 Å². The molecule has 2 aromatic heterocycles. The van der Waals surface area contributed by atoms with Gasteiger partial charge in [0.25, 0.3) is 0 Å². The second-order valence-electron chi connectivity index (χ2n) is 4.32. The molecule has 1 unspecified atom stereocenters. The van der Waals surface area contributed by atoms with Crippen molar-refractivity contribution < 1.29 is 27.8 Å². The fourth-order valence-electron chi connectivity index (χ4n) is 1.84. The average molecular weight is 288 g/mol. The van der Waals surface area contributed by atoms with Crippen LogP contribution in [0.5, 0.6) is 0 Å². The van der Waals surface area contributed by atoms with Crippen molar-refractivity contribution in [2.24, 2.45) is 0 Å². The Morgan fingerprint density at radius 2 is 2.25 bits per heavy atom. The second kappa shape index (κ2) is 5.03. The number of hydrogen-bond acceptors (Lipinski definition) is 3. The first-order chi connectivity index (χ1) is 9.29. The molecule has 0 bridgehead atoms. The van der Waals surface area contributed by atoms with Gasteiger partial charge < -0.3 is 9.84 Å². The first-order valence-corrected chi connectivity index (χ1v) is 5.69. The molecule has 0 aliphatic carbocycles. The standard InChI is InChI=1S/C12H11F3N2O3/c1-7(6-20-11(18)19)9-5-16-17-3-2-8(4-10(9)17)12(13,14)15/h2-5,7H,6H2,1H3,(H,18,19). The second-order valence-corrected chi connectivity index (χ2v) is 4.32. The van der Waals surface area contributed by atoms with E-state index in [-0.39, 0.29) is 12.1 Å². The van der Waals surface area contributed by atoms with Crippen LogP contribution in [0.3, 0.4) is 0 Å². The van der Waals surface area contributed by atoms with Gasteiger partial charge in [-0.05, 0) is 12.1 Å². The van der Waals surface area contributed by atoms with Crippen molar-refractivity contribution in [3.63, 3.8) is 0 Å². The molecule has 0 spiro atoms. The van der Waals surface area contributed by atoms with Gasteiger partial charge in [0, 0.05) is 17.7 Å². The minimum absolute atomic E-state index is 0.146. The number of rotatable bonds is 3. The van der Waals surface area contributed by atoms with E-state index in [4.69, 9.17) is 5.11 Å². The maximum absolute atomic E-state index is 12.7. The Labute approximate surface area is 111 Å². The topological polar surface area (TPSA) is 63.8 Å². The molecule has 0 radical (unpaired) electrons. The van der Waals surface area contributed by atoms with E-state index in [1.807, 2.05) is 0 Å². The Morgan fingerprint density at radius 1 is 1.55 bits per heavy atom. The van der Waals surface area contributed by atoms with Crippen molar-refractivity contribution in [3.8, 4) is 0 Å². The van der Waals surface area contributed by atoms with E-state index in [0.717, 1.165) is 12.1 Å². The fraction of sp³-hybridized carbons (Fsp3) is 0.333. The van der Waals surface area contributed by atoms with Crippen LogP contribution in [0.2, 0.25) is 0 Å². The van der Waals surface area contributed by atoms with E-state index < -0.39 is 23.8 Å². The number of carboxylic acid groups (broad SMARTS) is 1. The van der Waals surface area contributed by atoms with E-state index in [1.165, 1.54) is 16.9 Å². The SMILES string of the molecule is CC(COC(=O)O)c1cnn2ccc(C(F)(F)F)cc12. The average Bonchev–Trinajstić information content (AvgIpc) is 2.77.